The lowest BCUT2D eigenvalue weighted by molar-refractivity contribution is -0.122. The molecule has 0 radical (unpaired) electrons. The van der Waals surface area contributed by atoms with Crippen molar-refractivity contribution in [3.05, 3.63) is 56.9 Å². The predicted molar refractivity (Wildman–Crippen MR) is 125 cm³/mol. The maximum atomic E-state index is 12.9. The molecule has 3 rings (SSSR count). The minimum absolute atomic E-state index is 0.140. The summed E-state index contributed by atoms with van der Waals surface area (Å²) >= 11 is 4.76. The molecule has 0 unspecified atom stereocenters. The third kappa shape index (κ3) is 5.11. The van der Waals surface area contributed by atoms with E-state index in [0.717, 1.165) is 10.0 Å². The molecule has 162 valence electrons. The third-order valence-corrected chi connectivity index (χ3v) is 5.97. The smallest absolute Gasteiger partial charge is 0.335 e. The Morgan fingerprint density at radius 1 is 1.26 bits per heavy atom. The summed E-state index contributed by atoms with van der Waals surface area (Å²) in [7, 11) is 1.57. The van der Waals surface area contributed by atoms with Gasteiger partial charge in [0.25, 0.3) is 5.91 Å². The van der Waals surface area contributed by atoms with Crippen molar-refractivity contribution in [2.75, 3.05) is 20.3 Å². The summed E-state index contributed by atoms with van der Waals surface area (Å²) in [5.74, 6) is 0.0403. The molecule has 0 bridgehead atoms. The zero-order valence-electron chi connectivity index (χ0n) is 17.2. The average Bonchev–Trinajstić information content (AvgIpc) is 3.02. The molecule has 7 nitrogen and oxygen atoms in total. The van der Waals surface area contributed by atoms with E-state index in [1.165, 1.54) is 23.9 Å². The molecular formula is C22H21BrN2O5S. The Balaban J connectivity index is 1.94. The molecule has 1 saturated heterocycles. The normalized spacial score (nSPS) is 16.3. The van der Waals surface area contributed by atoms with E-state index >= 15 is 0 Å². The summed E-state index contributed by atoms with van der Waals surface area (Å²) in [6, 6.07) is 9.89. The molecule has 1 amide bonds. The minimum atomic E-state index is -0.998. The van der Waals surface area contributed by atoms with E-state index in [0.29, 0.717) is 40.4 Å². The number of halogens is 1. The van der Waals surface area contributed by atoms with Crippen LogP contribution in [-0.4, -0.2) is 47.3 Å². The molecule has 0 atom stereocenters. The number of methoxy groups -OCH3 is 1. The fourth-order valence-electron chi connectivity index (χ4n) is 2.94. The first-order valence-electron chi connectivity index (χ1n) is 9.51. The topological polar surface area (TPSA) is 88.4 Å². The second kappa shape index (κ2) is 10.0. The Morgan fingerprint density at radius 3 is 2.55 bits per heavy atom. The van der Waals surface area contributed by atoms with Crippen LogP contribution in [0.1, 0.15) is 29.8 Å². The number of amides is 1. The maximum Gasteiger partial charge on any atom is 0.335 e. The molecule has 1 aliphatic heterocycles. The van der Waals surface area contributed by atoms with E-state index in [2.05, 4.69) is 20.9 Å². The number of amidine groups is 1. The molecule has 0 aliphatic carbocycles. The van der Waals surface area contributed by atoms with Crippen LogP contribution in [-0.2, 0) is 4.79 Å². The first kappa shape index (κ1) is 22.9. The van der Waals surface area contributed by atoms with Gasteiger partial charge in [-0.1, -0.05) is 0 Å². The highest BCUT2D eigenvalue weighted by atomic mass is 79.9. The summed E-state index contributed by atoms with van der Waals surface area (Å²) < 4.78 is 11.8. The van der Waals surface area contributed by atoms with Crippen molar-refractivity contribution in [3.8, 4) is 11.5 Å². The van der Waals surface area contributed by atoms with E-state index in [-0.39, 0.29) is 11.5 Å². The lowest BCUT2D eigenvalue weighted by Crippen LogP contribution is -2.28. The molecule has 2 aromatic rings. The van der Waals surface area contributed by atoms with Gasteiger partial charge in [0.05, 0.1) is 34.3 Å². The highest BCUT2D eigenvalue weighted by molar-refractivity contribution is 9.10. The summed E-state index contributed by atoms with van der Waals surface area (Å²) in [6.45, 7) is 4.71. The molecule has 9 heteroatoms. The molecule has 1 heterocycles. The van der Waals surface area contributed by atoms with Crippen LogP contribution in [0.15, 0.2) is 50.8 Å². The number of thioether (sulfide) groups is 1. The molecule has 2 aromatic carbocycles. The van der Waals surface area contributed by atoms with Crippen molar-refractivity contribution in [1.82, 2.24) is 4.90 Å². The highest BCUT2D eigenvalue weighted by Crippen LogP contribution is 2.39. The molecule has 0 saturated carbocycles. The number of carbonyl (C=O) groups is 2. The van der Waals surface area contributed by atoms with Crippen molar-refractivity contribution < 1.29 is 24.2 Å². The Morgan fingerprint density at radius 2 is 1.97 bits per heavy atom. The number of carbonyl (C=O) groups excluding carboxylic acids is 1. The maximum absolute atomic E-state index is 12.9. The number of benzene rings is 2. The van der Waals surface area contributed by atoms with E-state index in [1.807, 2.05) is 26.0 Å². The van der Waals surface area contributed by atoms with Gasteiger partial charge in [0, 0.05) is 6.54 Å². The fourth-order valence-corrected chi connectivity index (χ4v) is 4.63. The number of carboxylic acid groups (broad SMARTS) is 1. The van der Waals surface area contributed by atoms with Crippen LogP contribution in [0.4, 0.5) is 5.69 Å². The first-order valence-corrected chi connectivity index (χ1v) is 11.1. The van der Waals surface area contributed by atoms with Crippen LogP contribution in [0.25, 0.3) is 6.08 Å². The lowest BCUT2D eigenvalue weighted by Gasteiger charge is -2.12. The van der Waals surface area contributed by atoms with Crippen LogP contribution in [0.3, 0.4) is 0 Å². The van der Waals surface area contributed by atoms with E-state index in [4.69, 9.17) is 14.6 Å². The molecule has 1 N–H and O–H groups in total. The van der Waals surface area contributed by atoms with E-state index < -0.39 is 5.97 Å². The third-order valence-electron chi connectivity index (χ3n) is 4.38. The molecule has 1 fully saturated rings. The van der Waals surface area contributed by atoms with Gasteiger partial charge in [0.1, 0.15) is 0 Å². The number of hydrogen-bond donors (Lipinski definition) is 1. The van der Waals surface area contributed by atoms with Gasteiger partial charge in [-0.3, -0.25) is 9.69 Å². The van der Waals surface area contributed by atoms with Crippen molar-refractivity contribution in [3.63, 3.8) is 0 Å². The van der Waals surface area contributed by atoms with Crippen molar-refractivity contribution in [1.29, 1.82) is 0 Å². The monoisotopic (exact) mass is 504 g/mol. The number of hydrogen-bond acceptors (Lipinski definition) is 6. The molecule has 1 aliphatic rings. The summed E-state index contributed by atoms with van der Waals surface area (Å²) in [6.07, 6.45) is 1.79. The van der Waals surface area contributed by atoms with Gasteiger partial charge in [-0.25, -0.2) is 9.79 Å². The number of carboxylic acids is 1. The largest absolute Gasteiger partial charge is 0.492 e. The van der Waals surface area contributed by atoms with Crippen molar-refractivity contribution in [2.24, 2.45) is 4.99 Å². The number of aliphatic imine (C=N–C) groups is 1. The summed E-state index contributed by atoms with van der Waals surface area (Å²) in [4.78, 5) is 30.6. The van der Waals surface area contributed by atoms with E-state index in [1.54, 1.807) is 30.2 Å². The zero-order valence-corrected chi connectivity index (χ0v) is 19.6. The SMILES string of the molecule is CCOc1cc(/C=C2/SC(=Nc3ccc(C(=O)O)cc3)N(CC)C2=O)cc(Br)c1OC. The molecule has 0 spiro atoms. The molecule has 31 heavy (non-hydrogen) atoms. The van der Waals surface area contributed by atoms with Gasteiger partial charge >= 0.3 is 5.97 Å². The predicted octanol–water partition coefficient (Wildman–Crippen LogP) is 5.18. The lowest BCUT2D eigenvalue weighted by atomic mass is 10.2. The van der Waals surface area contributed by atoms with Gasteiger partial charge in [0.2, 0.25) is 0 Å². The van der Waals surface area contributed by atoms with Gasteiger partial charge in [-0.05, 0) is 89.6 Å². The number of rotatable bonds is 7. The highest BCUT2D eigenvalue weighted by Gasteiger charge is 2.32. The van der Waals surface area contributed by atoms with Gasteiger partial charge in [-0.15, -0.1) is 0 Å². The minimum Gasteiger partial charge on any atom is -0.492 e. The van der Waals surface area contributed by atoms with Gasteiger partial charge in [0.15, 0.2) is 16.7 Å². The van der Waals surface area contributed by atoms with Crippen LogP contribution >= 0.6 is 27.7 Å². The second-order valence-corrected chi connectivity index (χ2v) is 8.24. The van der Waals surface area contributed by atoms with Crippen molar-refractivity contribution in [2.45, 2.75) is 13.8 Å². The average molecular weight is 505 g/mol. The number of likely N-dealkylation sites (N-methyl/N-ethyl adjacent to an activating group) is 1. The van der Waals surface area contributed by atoms with Crippen molar-refractivity contribution >= 4 is 56.5 Å². The van der Waals surface area contributed by atoms with Crippen LogP contribution < -0.4 is 9.47 Å². The summed E-state index contributed by atoms with van der Waals surface area (Å²) in [5, 5.41) is 9.58. The Hall–Kier alpha value is -2.78. The Bertz CT molecular complexity index is 1070. The quantitative estimate of drug-likeness (QED) is 0.522. The summed E-state index contributed by atoms with van der Waals surface area (Å²) in [5.41, 5.74) is 1.54. The number of ether oxygens (including phenoxy) is 2. The van der Waals surface area contributed by atoms with Gasteiger partial charge < -0.3 is 14.6 Å². The Kier molecular flexibility index (Phi) is 7.40. The zero-order chi connectivity index (χ0) is 22.5. The number of aromatic carboxylic acids is 1. The van der Waals surface area contributed by atoms with E-state index in [9.17, 15) is 9.59 Å². The van der Waals surface area contributed by atoms with Crippen LogP contribution in [0.5, 0.6) is 11.5 Å². The fraction of sp³-hybridized carbons (Fsp3) is 0.227. The second-order valence-electron chi connectivity index (χ2n) is 6.37. The van der Waals surface area contributed by atoms with Gasteiger partial charge in [-0.2, -0.15) is 0 Å². The first-order chi connectivity index (χ1) is 14.9. The Labute approximate surface area is 192 Å². The molecular weight excluding hydrogens is 484 g/mol. The molecule has 0 aromatic heterocycles. The van der Waals surface area contributed by atoms with Crippen LogP contribution in [0, 0.1) is 0 Å². The number of nitrogens with zero attached hydrogens (tertiary/aromatic N) is 2. The standard InChI is InChI=1S/C22H21BrN2O5S/c1-4-25-20(26)18(12-13-10-16(23)19(29-3)17(11-13)30-5-2)31-22(25)24-15-8-6-14(7-9-15)21(27)28/h6-12H,4-5H2,1-3H3,(H,27,28)/b18-12+,24-22?. The van der Waals surface area contributed by atoms with Crippen LogP contribution in [0.2, 0.25) is 0 Å².